The minimum atomic E-state index is -1.30. The van der Waals surface area contributed by atoms with Crippen molar-refractivity contribution in [3.05, 3.63) is 65.2 Å². The molecule has 2 rings (SSSR count). The van der Waals surface area contributed by atoms with Crippen LogP contribution in [0.4, 0.5) is 5.69 Å². The summed E-state index contributed by atoms with van der Waals surface area (Å²) < 4.78 is 0. The van der Waals surface area contributed by atoms with Crippen LogP contribution in [-0.2, 0) is 9.59 Å². The van der Waals surface area contributed by atoms with Gasteiger partial charge >= 0.3 is 0 Å². The van der Waals surface area contributed by atoms with Crippen LogP contribution in [0.5, 0.6) is 0 Å². The fraction of sp³-hybridized carbons (Fsp3) is 0.240. The summed E-state index contributed by atoms with van der Waals surface area (Å²) in [6.07, 6.45) is -0.222. The highest BCUT2D eigenvalue weighted by atomic mass is 16.5. The van der Waals surface area contributed by atoms with E-state index in [2.05, 4.69) is 34.3 Å². The third-order valence-corrected chi connectivity index (χ3v) is 4.54. The molecule has 0 saturated carbocycles. The van der Waals surface area contributed by atoms with Crippen molar-refractivity contribution in [1.82, 2.24) is 10.8 Å². The Morgan fingerprint density at radius 3 is 2.32 bits per heavy atom. The monoisotopic (exact) mass is 462 g/mol. The van der Waals surface area contributed by atoms with E-state index < -0.39 is 24.0 Å². The van der Waals surface area contributed by atoms with Crippen LogP contribution in [0.3, 0.4) is 0 Å². The summed E-state index contributed by atoms with van der Waals surface area (Å²) in [5.41, 5.74) is 9.01. The standard InChI is InChI=1S/C25H26N4O5/c1-17(30)23(25(33)29-34)28-24(32)20-13-11-18(12-14-20)6-2-3-7-19-8-4-9-21(16-19)27-22(31)10-5-15-26/h4,8-9,11-14,16-17,23,30,34H,5,10,15,26H2,1H3,(H,27,31)(H,28,32)(H,29,33). The number of hydroxylamine groups is 1. The van der Waals surface area contributed by atoms with Crippen LogP contribution in [0.2, 0.25) is 0 Å². The molecule has 0 aliphatic heterocycles. The number of anilines is 1. The van der Waals surface area contributed by atoms with Gasteiger partial charge in [-0.2, -0.15) is 0 Å². The molecule has 7 N–H and O–H groups in total. The molecule has 0 radical (unpaired) electrons. The summed E-state index contributed by atoms with van der Waals surface area (Å²) in [6, 6.07) is 12.1. The van der Waals surface area contributed by atoms with E-state index in [1.165, 1.54) is 24.5 Å². The lowest BCUT2D eigenvalue weighted by Crippen LogP contribution is -2.51. The molecule has 0 fully saturated rings. The van der Waals surface area contributed by atoms with Crippen LogP contribution in [0.15, 0.2) is 48.5 Å². The zero-order valence-corrected chi connectivity index (χ0v) is 18.6. The first-order chi connectivity index (χ1) is 16.3. The Morgan fingerprint density at radius 2 is 1.71 bits per heavy atom. The number of benzene rings is 2. The molecule has 9 nitrogen and oxygen atoms in total. The van der Waals surface area contributed by atoms with Crippen molar-refractivity contribution in [2.24, 2.45) is 5.73 Å². The normalized spacial score (nSPS) is 11.5. The molecule has 0 bridgehead atoms. The highest BCUT2D eigenvalue weighted by Gasteiger charge is 2.25. The predicted molar refractivity (Wildman–Crippen MR) is 126 cm³/mol. The quantitative estimate of drug-likeness (QED) is 0.193. The molecule has 3 amide bonds. The molecular formula is C25H26N4O5. The molecule has 0 spiro atoms. The molecule has 9 heteroatoms. The highest BCUT2D eigenvalue weighted by Crippen LogP contribution is 2.10. The van der Waals surface area contributed by atoms with Crippen molar-refractivity contribution >= 4 is 23.4 Å². The number of nitrogens with two attached hydrogens (primary N) is 1. The minimum Gasteiger partial charge on any atom is -0.391 e. The van der Waals surface area contributed by atoms with E-state index in [-0.39, 0.29) is 11.5 Å². The first-order valence-electron chi connectivity index (χ1n) is 10.5. The lowest BCUT2D eigenvalue weighted by atomic mass is 10.1. The largest absolute Gasteiger partial charge is 0.391 e. The summed E-state index contributed by atoms with van der Waals surface area (Å²) in [5, 5.41) is 23.5. The third kappa shape index (κ3) is 8.41. The fourth-order valence-corrected chi connectivity index (χ4v) is 2.77. The van der Waals surface area contributed by atoms with Gasteiger partial charge in [-0.05, 0) is 74.2 Å². The Kier molecular flexibility index (Phi) is 10.3. The number of amides is 3. The summed E-state index contributed by atoms with van der Waals surface area (Å²) in [6.45, 7) is 1.77. The van der Waals surface area contributed by atoms with Gasteiger partial charge in [-0.25, -0.2) is 5.48 Å². The minimum absolute atomic E-state index is 0.106. The van der Waals surface area contributed by atoms with Gasteiger partial charge in [-0.3, -0.25) is 19.6 Å². The Hall–Kier alpha value is -4.15. The van der Waals surface area contributed by atoms with Crippen molar-refractivity contribution in [2.75, 3.05) is 11.9 Å². The molecule has 176 valence electrons. The molecule has 0 aromatic heterocycles. The first kappa shape index (κ1) is 26.1. The molecule has 0 saturated heterocycles. The van der Waals surface area contributed by atoms with E-state index in [0.717, 1.165) is 0 Å². The smallest absolute Gasteiger partial charge is 0.268 e. The van der Waals surface area contributed by atoms with Crippen LogP contribution >= 0.6 is 0 Å². The highest BCUT2D eigenvalue weighted by molar-refractivity contribution is 5.97. The number of rotatable bonds is 8. The second kappa shape index (κ2) is 13.4. The molecule has 2 atom stereocenters. The van der Waals surface area contributed by atoms with E-state index >= 15 is 0 Å². The van der Waals surface area contributed by atoms with Gasteiger partial charge in [0.25, 0.3) is 11.8 Å². The van der Waals surface area contributed by atoms with Gasteiger partial charge in [0.1, 0.15) is 6.04 Å². The Morgan fingerprint density at radius 1 is 1.03 bits per heavy atom. The van der Waals surface area contributed by atoms with E-state index in [9.17, 15) is 19.5 Å². The maximum absolute atomic E-state index is 12.3. The third-order valence-electron chi connectivity index (χ3n) is 4.54. The molecule has 2 unspecified atom stereocenters. The van der Waals surface area contributed by atoms with Crippen molar-refractivity contribution in [2.45, 2.75) is 31.9 Å². The molecule has 0 aliphatic rings. The number of carbonyl (C=O) groups excluding carboxylic acids is 3. The lowest BCUT2D eigenvalue weighted by Gasteiger charge is -2.19. The Labute approximate surface area is 197 Å². The average Bonchev–Trinajstić information content (AvgIpc) is 2.83. The van der Waals surface area contributed by atoms with Crippen LogP contribution in [0.1, 0.15) is 41.3 Å². The van der Waals surface area contributed by atoms with E-state index in [1.807, 2.05) is 0 Å². The van der Waals surface area contributed by atoms with E-state index in [0.29, 0.717) is 36.2 Å². The Balaban J connectivity index is 2.00. The van der Waals surface area contributed by atoms with Gasteiger partial charge in [0.2, 0.25) is 5.91 Å². The molecule has 2 aromatic carbocycles. The van der Waals surface area contributed by atoms with Crippen molar-refractivity contribution in [1.29, 1.82) is 0 Å². The van der Waals surface area contributed by atoms with Crippen LogP contribution < -0.4 is 21.8 Å². The molecular weight excluding hydrogens is 436 g/mol. The number of hydrogen-bond acceptors (Lipinski definition) is 6. The summed E-state index contributed by atoms with van der Waals surface area (Å²) in [5.74, 6) is 9.62. The number of carbonyl (C=O) groups is 3. The topological polar surface area (TPSA) is 154 Å². The predicted octanol–water partition coefficient (Wildman–Crippen LogP) is 0.752. The van der Waals surface area contributed by atoms with Gasteiger partial charge in [-0.15, -0.1) is 0 Å². The SMILES string of the molecule is CC(O)C(NC(=O)c1ccc(C#CC#Cc2cccc(NC(=O)CCCN)c2)cc1)C(=O)NO. The van der Waals surface area contributed by atoms with Crippen molar-refractivity contribution in [3.8, 4) is 23.7 Å². The maximum Gasteiger partial charge on any atom is 0.268 e. The van der Waals surface area contributed by atoms with Crippen LogP contribution in [0.25, 0.3) is 0 Å². The number of aliphatic hydroxyl groups excluding tert-OH is 1. The molecule has 2 aromatic rings. The zero-order chi connectivity index (χ0) is 24.9. The number of hydrogen-bond donors (Lipinski definition) is 6. The fourth-order valence-electron chi connectivity index (χ4n) is 2.77. The van der Waals surface area contributed by atoms with Crippen molar-refractivity contribution in [3.63, 3.8) is 0 Å². The van der Waals surface area contributed by atoms with Crippen LogP contribution in [0, 0.1) is 23.7 Å². The van der Waals surface area contributed by atoms with Gasteiger partial charge < -0.3 is 21.5 Å². The summed E-state index contributed by atoms with van der Waals surface area (Å²) >= 11 is 0. The number of nitrogens with one attached hydrogen (secondary N) is 3. The summed E-state index contributed by atoms with van der Waals surface area (Å²) in [4.78, 5) is 35.6. The van der Waals surface area contributed by atoms with Gasteiger partial charge in [0.05, 0.1) is 6.10 Å². The first-order valence-corrected chi connectivity index (χ1v) is 10.5. The van der Waals surface area contributed by atoms with E-state index in [1.54, 1.807) is 36.4 Å². The number of aliphatic hydroxyl groups is 1. The molecule has 34 heavy (non-hydrogen) atoms. The van der Waals surface area contributed by atoms with Crippen LogP contribution in [-0.4, -0.2) is 46.7 Å². The molecule has 0 heterocycles. The second-order valence-electron chi connectivity index (χ2n) is 7.27. The van der Waals surface area contributed by atoms with Gasteiger partial charge in [0, 0.05) is 28.8 Å². The lowest BCUT2D eigenvalue weighted by molar-refractivity contribution is -0.133. The van der Waals surface area contributed by atoms with E-state index in [4.69, 9.17) is 10.9 Å². The van der Waals surface area contributed by atoms with Crippen molar-refractivity contribution < 1.29 is 24.7 Å². The Bertz CT molecular complexity index is 1140. The second-order valence-corrected chi connectivity index (χ2v) is 7.27. The maximum atomic E-state index is 12.3. The van der Waals surface area contributed by atoms with Gasteiger partial charge in [-0.1, -0.05) is 17.9 Å². The zero-order valence-electron chi connectivity index (χ0n) is 18.6. The average molecular weight is 463 g/mol. The summed E-state index contributed by atoms with van der Waals surface area (Å²) in [7, 11) is 0. The molecule has 0 aliphatic carbocycles. The van der Waals surface area contributed by atoms with Gasteiger partial charge in [0.15, 0.2) is 0 Å².